The molecule has 2 aromatic rings. The van der Waals surface area contributed by atoms with Crippen LogP contribution in [0.4, 0.5) is 5.69 Å². The third-order valence-corrected chi connectivity index (χ3v) is 3.74. The van der Waals surface area contributed by atoms with Crippen molar-refractivity contribution in [2.45, 2.75) is 13.5 Å². The van der Waals surface area contributed by atoms with Gasteiger partial charge in [-0.1, -0.05) is 41.9 Å². The van der Waals surface area contributed by atoms with Crippen molar-refractivity contribution in [1.82, 2.24) is 4.90 Å². The van der Waals surface area contributed by atoms with Gasteiger partial charge < -0.3 is 15.3 Å². The molecule has 126 valence electrons. The van der Waals surface area contributed by atoms with Crippen molar-refractivity contribution < 1.29 is 14.7 Å². The van der Waals surface area contributed by atoms with E-state index in [-0.39, 0.29) is 19.7 Å². The molecule has 0 aromatic heterocycles. The highest BCUT2D eigenvalue weighted by molar-refractivity contribution is 6.39. The molecular weight excluding hydrogens is 328 g/mol. The lowest BCUT2D eigenvalue weighted by Gasteiger charge is -2.21. The Morgan fingerprint density at radius 3 is 2.50 bits per heavy atom. The van der Waals surface area contributed by atoms with Crippen molar-refractivity contribution in [3.63, 3.8) is 0 Å². The maximum atomic E-state index is 12.4. The van der Waals surface area contributed by atoms with Gasteiger partial charge in [0, 0.05) is 23.8 Å². The fourth-order valence-corrected chi connectivity index (χ4v) is 2.49. The van der Waals surface area contributed by atoms with Gasteiger partial charge in [-0.05, 0) is 36.2 Å². The van der Waals surface area contributed by atoms with Crippen molar-refractivity contribution >= 4 is 29.1 Å². The Kier molecular flexibility index (Phi) is 6.35. The fourth-order valence-electron chi connectivity index (χ4n) is 2.26. The number of aryl methyl sites for hydroxylation is 1. The molecule has 2 rings (SSSR count). The van der Waals surface area contributed by atoms with Crippen molar-refractivity contribution in [3.05, 3.63) is 64.7 Å². The molecule has 0 saturated heterocycles. The van der Waals surface area contributed by atoms with Gasteiger partial charge in [-0.15, -0.1) is 0 Å². The number of aliphatic hydroxyl groups is 1. The predicted molar refractivity (Wildman–Crippen MR) is 93.8 cm³/mol. The van der Waals surface area contributed by atoms with Gasteiger partial charge in [0.05, 0.1) is 6.61 Å². The highest BCUT2D eigenvalue weighted by Gasteiger charge is 2.22. The van der Waals surface area contributed by atoms with E-state index in [2.05, 4.69) is 5.32 Å². The van der Waals surface area contributed by atoms with Crippen molar-refractivity contribution in [1.29, 1.82) is 0 Å². The second kappa shape index (κ2) is 8.47. The van der Waals surface area contributed by atoms with Crippen LogP contribution >= 0.6 is 11.6 Å². The summed E-state index contributed by atoms with van der Waals surface area (Å²) in [5.41, 5.74) is 2.18. The standard InChI is InChI=1S/C18H19ClN2O3/c1-13-11-15(19)7-8-16(13)20-17(23)18(24)21(9-10-22)12-14-5-3-2-4-6-14/h2-8,11,22H,9-10,12H2,1H3,(H,20,23). The molecule has 0 fully saturated rings. The van der Waals surface area contributed by atoms with Crippen LogP contribution in [0.15, 0.2) is 48.5 Å². The van der Waals surface area contributed by atoms with Crippen LogP contribution in [-0.4, -0.2) is 35.0 Å². The van der Waals surface area contributed by atoms with E-state index in [1.807, 2.05) is 30.3 Å². The number of anilines is 1. The summed E-state index contributed by atoms with van der Waals surface area (Å²) in [7, 11) is 0. The zero-order valence-corrected chi connectivity index (χ0v) is 14.1. The van der Waals surface area contributed by atoms with Crippen LogP contribution in [0.2, 0.25) is 5.02 Å². The van der Waals surface area contributed by atoms with Gasteiger partial charge in [-0.2, -0.15) is 0 Å². The number of hydrogen-bond acceptors (Lipinski definition) is 3. The van der Waals surface area contributed by atoms with E-state index in [1.165, 1.54) is 4.90 Å². The van der Waals surface area contributed by atoms with Crippen LogP contribution in [0.3, 0.4) is 0 Å². The summed E-state index contributed by atoms with van der Waals surface area (Å²) in [6.45, 7) is 1.92. The molecule has 6 heteroatoms. The molecule has 0 aliphatic carbocycles. The second-order valence-corrected chi connectivity index (χ2v) is 5.79. The molecule has 0 aliphatic rings. The lowest BCUT2D eigenvalue weighted by molar-refractivity contribution is -0.143. The Hall–Kier alpha value is -2.37. The zero-order valence-electron chi connectivity index (χ0n) is 13.3. The van der Waals surface area contributed by atoms with Gasteiger partial charge in [-0.3, -0.25) is 9.59 Å². The van der Waals surface area contributed by atoms with Crippen LogP contribution < -0.4 is 5.32 Å². The van der Waals surface area contributed by atoms with Crippen molar-refractivity contribution in [2.24, 2.45) is 0 Å². The van der Waals surface area contributed by atoms with Gasteiger partial charge >= 0.3 is 11.8 Å². The van der Waals surface area contributed by atoms with E-state index >= 15 is 0 Å². The number of amides is 2. The molecule has 24 heavy (non-hydrogen) atoms. The number of hydrogen-bond donors (Lipinski definition) is 2. The summed E-state index contributed by atoms with van der Waals surface area (Å²) in [5, 5.41) is 12.3. The zero-order chi connectivity index (χ0) is 17.5. The molecule has 2 aromatic carbocycles. The van der Waals surface area contributed by atoms with Crippen LogP contribution in [0.1, 0.15) is 11.1 Å². The smallest absolute Gasteiger partial charge is 0.313 e. The number of aliphatic hydroxyl groups excluding tert-OH is 1. The second-order valence-electron chi connectivity index (χ2n) is 5.35. The van der Waals surface area contributed by atoms with Gasteiger partial charge in [0.2, 0.25) is 0 Å². The fraction of sp³-hybridized carbons (Fsp3) is 0.222. The van der Waals surface area contributed by atoms with E-state index in [9.17, 15) is 9.59 Å². The summed E-state index contributed by atoms with van der Waals surface area (Å²) in [4.78, 5) is 26.0. The van der Waals surface area contributed by atoms with E-state index in [0.717, 1.165) is 11.1 Å². The SMILES string of the molecule is Cc1cc(Cl)ccc1NC(=O)C(=O)N(CCO)Cc1ccccc1. The summed E-state index contributed by atoms with van der Waals surface area (Å²) in [5.74, 6) is -1.44. The lowest BCUT2D eigenvalue weighted by Crippen LogP contribution is -2.40. The van der Waals surface area contributed by atoms with Gasteiger partial charge in [0.15, 0.2) is 0 Å². The molecule has 0 unspecified atom stereocenters. The third kappa shape index (κ3) is 4.81. The van der Waals surface area contributed by atoms with Crippen LogP contribution in [0.5, 0.6) is 0 Å². The number of carbonyl (C=O) groups excluding carboxylic acids is 2. The molecule has 0 saturated carbocycles. The number of rotatable bonds is 5. The topological polar surface area (TPSA) is 69.6 Å². The maximum Gasteiger partial charge on any atom is 0.313 e. The summed E-state index contributed by atoms with van der Waals surface area (Å²) < 4.78 is 0. The van der Waals surface area contributed by atoms with E-state index < -0.39 is 11.8 Å². The van der Waals surface area contributed by atoms with Crippen LogP contribution in [0.25, 0.3) is 0 Å². The highest BCUT2D eigenvalue weighted by Crippen LogP contribution is 2.19. The summed E-state index contributed by atoms with van der Waals surface area (Å²) in [6.07, 6.45) is 0. The first kappa shape index (κ1) is 18.0. The molecule has 5 nitrogen and oxygen atoms in total. The Bertz CT molecular complexity index is 719. The number of halogens is 1. The Labute approximate surface area is 145 Å². The largest absolute Gasteiger partial charge is 0.395 e. The molecule has 0 radical (unpaired) electrons. The summed E-state index contributed by atoms with van der Waals surface area (Å²) in [6, 6.07) is 14.3. The average molecular weight is 347 g/mol. The molecule has 0 spiro atoms. The number of benzene rings is 2. The average Bonchev–Trinajstić information content (AvgIpc) is 2.57. The molecule has 0 aliphatic heterocycles. The van der Waals surface area contributed by atoms with Gasteiger partial charge in [0.25, 0.3) is 0 Å². The number of nitrogens with one attached hydrogen (secondary N) is 1. The molecule has 2 amide bonds. The van der Waals surface area contributed by atoms with E-state index in [0.29, 0.717) is 10.7 Å². The molecule has 2 N–H and O–H groups in total. The Balaban J connectivity index is 2.09. The van der Waals surface area contributed by atoms with Crippen molar-refractivity contribution in [2.75, 3.05) is 18.5 Å². The van der Waals surface area contributed by atoms with Gasteiger partial charge in [-0.25, -0.2) is 0 Å². The number of nitrogens with zero attached hydrogens (tertiary/aromatic N) is 1. The van der Waals surface area contributed by atoms with Crippen LogP contribution in [0, 0.1) is 6.92 Å². The molecular formula is C18H19ClN2O3. The number of carbonyl (C=O) groups is 2. The molecule has 0 atom stereocenters. The van der Waals surface area contributed by atoms with Crippen LogP contribution in [-0.2, 0) is 16.1 Å². The predicted octanol–water partition coefficient (Wildman–Crippen LogP) is 2.61. The minimum Gasteiger partial charge on any atom is -0.395 e. The Morgan fingerprint density at radius 2 is 1.88 bits per heavy atom. The monoisotopic (exact) mass is 346 g/mol. The third-order valence-electron chi connectivity index (χ3n) is 3.50. The quantitative estimate of drug-likeness (QED) is 0.818. The molecule has 0 bridgehead atoms. The van der Waals surface area contributed by atoms with E-state index in [4.69, 9.17) is 16.7 Å². The first-order valence-corrected chi connectivity index (χ1v) is 7.90. The minimum absolute atomic E-state index is 0.0841. The summed E-state index contributed by atoms with van der Waals surface area (Å²) >= 11 is 5.88. The normalized spacial score (nSPS) is 10.3. The highest BCUT2D eigenvalue weighted by atomic mass is 35.5. The lowest BCUT2D eigenvalue weighted by atomic mass is 10.2. The Morgan fingerprint density at radius 1 is 1.17 bits per heavy atom. The maximum absolute atomic E-state index is 12.4. The van der Waals surface area contributed by atoms with Gasteiger partial charge in [0.1, 0.15) is 0 Å². The van der Waals surface area contributed by atoms with Crippen molar-refractivity contribution in [3.8, 4) is 0 Å². The first-order valence-electron chi connectivity index (χ1n) is 7.52. The first-order chi connectivity index (χ1) is 11.5. The molecule has 0 heterocycles. The van der Waals surface area contributed by atoms with E-state index in [1.54, 1.807) is 25.1 Å². The minimum atomic E-state index is -0.746.